The zero-order valence-electron chi connectivity index (χ0n) is 7.76. The van der Waals surface area contributed by atoms with Gasteiger partial charge in [-0.3, -0.25) is 0 Å². The van der Waals surface area contributed by atoms with Gasteiger partial charge < -0.3 is 5.32 Å². The molecule has 1 aliphatic heterocycles. The van der Waals surface area contributed by atoms with Crippen LogP contribution in [-0.4, -0.2) is 24.1 Å². The number of hydrogen-bond acceptors (Lipinski definition) is 2. The lowest BCUT2D eigenvalue weighted by Crippen LogP contribution is -2.26. The SMILES string of the molecule is CNC(C)CC1CCSC1C. The molecule has 0 aromatic heterocycles. The predicted octanol–water partition coefficient (Wildman–Crippen LogP) is 2.13. The first-order valence-electron chi connectivity index (χ1n) is 4.53. The van der Waals surface area contributed by atoms with Gasteiger partial charge in [0.05, 0.1) is 0 Å². The lowest BCUT2D eigenvalue weighted by atomic mass is 9.95. The molecule has 0 aromatic rings. The average molecular weight is 173 g/mol. The van der Waals surface area contributed by atoms with E-state index in [1.807, 2.05) is 0 Å². The second kappa shape index (κ2) is 4.36. The smallest absolute Gasteiger partial charge is 0.00478 e. The normalized spacial score (nSPS) is 34.1. The summed E-state index contributed by atoms with van der Waals surface area (Å²) in [6.45, 7) is 4.64. The molecule has 1 N–H and O–H groups in total. The number of rotatable bonds is 3. The van der Waals surface area contributed by atoms with Gasteiger partial charge in [0.15, 0.2) is 0 Å². The van der Waals surface area contributed by atoms with Gasteiger partial charge in [0, 0.05) is 11.3 Å². The van der Waals surface area contributed by atoms with Crippen LogP contribution in [0, 0.1) is 5.92 Å². The molecule has 0 radical (unpaired) electrons. The Balaban J connectivity index is 2.24. The molecular formula is C9H19NS. The van der Waals surface area contributed by atoms with E-state index in [0.29, 0.717) is 6.04 Å². The van der Waals surface area contributed by atoms with Crippen LogP contribution in [0.2, 0.25) is 0 Å². The maximum atomic E-state index is 3.30. The highest BCUT2D eigenvalue weighted by molar-refractivity contribution is 8.00. The van der Waals surface area contributed by atoms with Gasteiger partial charge in [-0.2, -0.15) is 11.8 Å². The van der Waals surface area contributed by atoms with Gasteiger partial charge in [-0.1, -0.05) is 6.92 Å². The van der Waals surface area contributed by atoms with Crippen molar-refractivity contribution in [3.05, 3.63) is 0 Å². The summed E-state index contributed by atoms with van der Waals surface area (Å²) in [6, 6.07) is 0.696. The highest BCUT2D eigenvalue weighted by Crippen LogP contribution is 2.34. The number of thioether (sulfide) groups is 1. The molecule has 1 nitrogen and oxygen atoms in total. The fourth-order valence-electron chi connectivity index (χ4n) is 1.66. The van der Waals surface area contributed by atoms with E-state index < -0.39 is 0 Å². The van der Waals surface area contributed by atoms with E-state index in [1.54, 1.807) is 0 Å². The third-order valence-corrected chi connectivity index (χ3v) is 4.06. The minimum Gasteiger partial charge on any atom is -0.317 e. The van der Waals surface area contributed by atoms with Crippen LogP contribution in [0.5, 0.6) is 0 Å². The van der Waals surface area contributed by atoms with Crippen LogP contribution in [0.1, 0.15) is 26.7 Å². The zero-order valence-corrected chi connectivity index (χ0v) is 8.58. The van der Waals surface area contributed by atoms with E-state index in [1.165, 1.54) is 18.6 Å². The fourth-order valence-corrected chi connectivity index (χ4v) is 2.99. The number of hydrogen-bond donors (Lipinski definition) is 1. The Morgan fingerprint density at radius 3 is 2.82 bits per heavy atom. The maximum Gasteiger partial charge on any atom is 0.00478 e. The number of nitrogens with one attached hydrogen (secondary N) is 1. The molecule has 66 valence electrons. The molecule has 0 spiro atoms. The van der Waals surface area contributed by atoms with E-state index >= 15 is 0 Å². The molecule has 0 aromatic carbocycles. The molecule has 1 saturated heterocycles. The van der Waals surface area contributed by atoms with Crippen LogP contribution < -0.4 is 5.32 Å². The summed E-state index contributed by atoms with van der Waals surface area (Å²) in [7, 11) is 2.05. The quantitative estimate of drug-likeness (QED) is 0.701. The van der Waals surface area contributed by atoms with Crippen molar-refractivity contribution < 1.29 is 0 Å². The molecule has 0 saturated carbocycles. The van der Waals surface area contributed by atoms with Crippen molar-refractivity contribution in [3.8, 4) is 0 Å². The molecule has 0 bridgehead atoms. The maximum absolute atomic E-state index is 3.30. The first kappa shape index (κ1) is 9.40. The van der Waals surface area contributed by atoms with Crippen LogP contribution in [-0.2, 0) is 0 Å². The van der Waals surface area contributed by atoms with E-state index in [2.05, 4.69) is 38.0 Å². The Morgan fingerprint density at radius 2 is 2.36 bits per heavy atom. The topological polar surface area (TPSA) is 12.0 Å². The van der Waals surface area contributed by atoms with Gasteiger partial charge in [0.25, 0.3) is 0 Å². The Labute approximate surface area is 74.3 Å². The average Bonchev–Trinajstić information content (AvgIpc) is 2.37. The van der Waals surface area contributed by atoms with Crippen molar-refractivity contribution in [1.82, 2.24) is 5.32 Å². The molecule has 1 rings (SSSR count). The molecule has 0 aliphatic carbocycles. The van der Waals surface area contributed by atoms with Gasteiger partial charge >= 0.3 is 0 Å². The summed E-state index contributed by atoms with van der Waals surface area (Å²) in [5.74, 6) is 2.34. The van der Waals surface area contributed by atoms with Crippen LogP contribution in [0.4, 0.5) is 0 Å². The van der Waals surface area contributed by atoms with Crippen molar-refractivity contribution in [3.63, 3.8) is 0 Å². The second-order valence-corrected chi connectivity index (χ2v) is 5.04. The molecule has 0 amide bonds. The van der Waals surface area contributed by atoms with Crippen molar-refractivity contribution in [2.75, 3.05) is 12.8 Å². The van der Waals surface area contributed by atoms with Crippen molar-refractivity contribution >= 4 is 11.8 Å². The van der Waals surface area contributed by atoms with Crippen LogP contribution >= 0.6 is 11.8 Å². The van der Waals surface area contributed by atoms with E-state index in [4.69, 9.17) is 0 Å². The third-order valence-electron chi connectivity index (χ3n) is 2.68. The highest BCUT2D eigenvalue weighted by atomic mass is 32.2. The lowest BCUT2D eigenvalue weighted by Gasteiger charge is -2.18. The molecule has 3 unspecified atom stereocenters. The Kier molecular flexibility index (Phi) is 3.73. The molecular weight excluding hydrogens is 154 g/mol. The third kappa shape index (κ3) is 2.68. The fraction of sp³-hybridized carbons (Fsp3) is 1.00. The minimum absolute atomic E-state index is 0.696. The monoisotopic (exact) mass is 173 g/mol. The summed E-state index contributed by atoms with van der Waals surface area (Å²) in [5, 5.41) is 4.20. The molecule has 1 fully saturated rings. The van der Waals surface area contributed by atoms with Gasteiger partial charge in [-0.15, -0.1) is 0 Å². The molecule has 2 heteroatoms. The molecule has 1 aliphatic rings. The molecule has 11 heavy (non-hydrogen) atoms. The predicted molar refractivity (Wildman–Crippen MR) is 53.2 cm³/mol. The molecule has 3 atom stereocenters. The van der Waals surface area contributed by atoms with Crippen molar-refractivity contribution in [2.45, 2.75) is 38.0 Å². The summed E-state index contributed by atoms with van der Waals surface area (Å²) in [6.07, 6.45) is 2.78. The van der Waals surface area contributed by atoms with E-state index in [0.717, 1.165) is 11.2 Å². The highest BCUT2D eigenvalue weighted by Gasteiger charge is 2.24. The Hall–Kier alpha value is 0.310. The van der Waals surface area contributed by atoms with Gasteiger partial charge in [-0.05, 0) is 38.5 Å². The lowest BCUT2D eigenvalue weighted by molar-refractivity contribution is 0.416. The standard InChI is InChI=1S/C9H19NS/c1-7(10-3)6-9-4-5-11-8(9)2/h7-10H,4-6H2,1-3H3. The Morgan fingerprint density at radius 1 is 1.64 bits per heavy atom. The summed E-state index contributed by atoms with van der Waals surface area (Å²) in [5.41, 5.74) is 0. The van der Waals surface area contributed by atoms with E-state index in [-0.39, 0.29) is 0 Å². The summed E-state index contributed by atoms with van der Waals surface area (Å²) in [4.78, 5) is 0. The Bertz CT molecular complexity index is 116. The second-order valence-electron chi connectivity index (χ2n) is 3.55. The minimum atomic E-state index is 0.696. The van der Waals surface area contributed by atoms with Crippen molar-refractivity contribution in [1.29, 1.82) is 0 Å². The van der Waals surface area contributed by atoms with Crippen LogP contribution in [0.3, 0.4) is 0 Å². The molecule has 1 heterocycles. The first-order valence-corrected chi connectivity index (χ1v) is 5.57. The van der Waals surface area contributed by atoms with Crippen molar-refractivity contribution in [2.24, 2.45) is 5.92 Å². The van der Waals surface area contributed by atoms with Crippen LogP contribution in [0.15, 0.2) is 0 Å². The first-order chi connectivity index (χ1) is 5.24. The largest absolute Gasteiger partial charge is 0.317 e. The summed E-state index contributed by atoms with van der Waals surface area (Å²) >= 11 is 2.13. The van der Waals surface area contributed by atoms with Gasteiger partial charge in [0.2, 0.25) is 0 Å². The van der Waals surface area contributed by atoms with Gasteiger partial charge in [0.1, 0.15) is 0 Å². The summed E-state index contributed by atoms with van der Waals surface area (Å²) < 4.78 is 0. The van der Waals surface area contributed by atoms with Crippen LogP contribution in [0.25, 0.3) is 0 Å². The van der Waals surface area contributed by atoms with E-state index in [9.17, 15) is 0 Å². The van der Waals surface area contributed by atoms with Gasteiger partial charge in [-0.25, -0.2) is 0 Å². The zero-order chi connectivity index (χ0) is 8.27.